The molecule has 0 aliphatic carbocycles. The van der Waals surface area contributed by atoms with E-state index in [0.717, 1.165) is 5.52 Å². The maximum absolute atomic E-state index is 14.2. The molecule has 4 N–H and O–H groups in total. The highest BCUT2D eigenvalue weighted by Crippen LogP contribution is 2.19. The Balaban J connectivity index is 2.00. The third kappa shape index (κ3) is 3.85. The van der Waals surface area contributed by atoms with Crippen molar-refractivity contribution in [1.29, 1.82) is 0 Å². The summed E-state index contributed by atoms with van der Waals surface area (Å²) < 4.78 is 16.5. The van der Waals surface area contributed by atoms with E-state index in [1.807, 2.05) is 0 Å². The zero-order valence-electron chi connectivity index (χ0n) is 12.9. The second kappa shape index (κ2) is 7.70. The minimum atomic E-state index is -0.507. The van der Waals surface area contributed by atoms with Crippen molar-refractivity contribution in [1.82, 2.24) is 14.9 Å². The number of aliphatic hydroxyl groups is 1. The molecule has 1 amide bonds. The summed E-state index contributed by atoms with van der Waals surface area (Å²) in [7, 11) is 0. The first-order valence-corrected chi connectivity index (χ1v) is 8.17. The van der Waals surface area contributed by atoms with Gasteiger partial charge >= 0.3 is 0 Å². The van der Waals surface area contributed by atoms with E-state index in [4.69, 9.17) is 9.94 Å². The van der Waals surface area contributed by atoms with E-state index in [1.165, 1.54) is 6.07 Å². The Morgan fingerprint density at radius 1 is 1.40 bits per heavy atom. The molecular formula is C16H15BrFN4O3+. The first kappa shape index (κ1) is 17.5. The highest BCUT2D eigenvalue weighted by molar-refractivity contribution is 9.10. The number of amides is 1. The van der Waals surface area contributed by atoms with Gasteiger partial charge in [0.2, 0.25) is 5.82 Å². The SMILES string of the molecule is O=C(NOCCO)c1ccc2cncn2c1[NH2+]c1ccc(Br)cc1F. The lowest BCUT2D eigenvalue weighted by molar-refractivity contribution is -0.486. The number of benzene rings is 1. The number of carbonyl (C=O) groups is 1. The number of rotatable bonds is 6. The van der Waals surface area contributed by atoms with Gasteiger partial charge in [-0.15, -0.1) is 0 Å². The Morgan fingerprint density at radius 3 is 3.00 bits per heavy atom. The van der Waals surface area contributed by atoms with Gasteiger partial charge in [0.05, 0.1) is 24.9 Å². The molecule has 0 saturated heterocycles. The Hall–Kier alpha value is -2.33. The molecule has 0 aliphatic rings. The van der Waals surface area contributed by atoms with Gasteiger partial charge in [0.1, 0.15) is 11.9 Å². The normalized spacial score (nSPS) is 11.0. The van der Waals surface area contributed by atoms with Crippen LogP contribution in [0.15, 0.2) is 47.3 Å². The van der Waals surface area contributed by atoms with E-state index in [-0.39, 0.29) is 18.8 Å². The number of imidazole rings is 1. The molecule has 25 heavy (non-hydrogen) atoms. The average Bonchev–Trinajstić information content (AvgIpc) is 3.06. The Bertz CT molecular complexity index is 916. The number of pyridine rings is 1. The number of quaternary nitrogens is 1. The van der Waals surface area contributed by atoms with Crippen LogP contribution in [0.1, 0.15) is 10.4 Å². The molecule has 0 aliphatic heterocycles. The number of nitrogens with zero attached hydrogens (tertiary/aromatic N) is 2. The molecule has 9 heteroatoms. The fraction of sp³-hybridized carbons (Fsp3) is 0.125. The molecule has 3 aromatic rings. The zero-order valence-corrected chi connectivity index (χ0v) is 14.5. The number of hydrogen-bond donors (Lipinski definition) is 3. The molecule has 7 nitrogen and oxygen atoms in total. The molecule has 0 radical (unpaired) electrons. The van der Waals surface area contributed by atoms with Gasteiger partial charge in [0.15, 0.2) is 11.5 Å². The second-order valence-electron chi connectivity index (χ2n) is 5.13. The maximum Gasteiger partial charge on any atom is 0.282 e. The van der Waals surface area contributed by atoms with Crippen LogP contribution in [-0.2, 0) is 4.84 Å². The van der Waals surface area contributed by atoms with Crippen LogP contribution >= 0.6 is 15.9 Å². The molecule has 2 aromatic heterocycles. The van der Waals surface area contributed by atoms with Crippen LogP contribution in [0.3, 0.4) is 0 Å². The topological polar surface area (TPSA) is 92.5 Å². The monoisotopic (exact) mass is 409 g/mol. The molecule has 130 valence electrons. The van der Waals surface area contributed by atoms with Crippen LogP contribution in [0, 0.1) is 5.82 Å². The standard InChI is InChI=1S/C16H14BrFN4O3/c17-10-1-4-14(13(18)7-10)20-15-12(16(24)21-25-6-5-23)3-2-11-8-19-9-22(11)15/h1-4,7-9,20,23H,5-6H2,(H,21,24)/p+1. The molecule has 0 spiro atoms. The lowest BCUT2D eigenvalue weighted by atomic mass is 10.2. The van der Waals surface area contributed by atoms with Gasteiger partial charge in [-0.25, -0.2) is 14.9 Å². The van der Waals surface area contributed by atoms with Crippen LogP contribution in [0.5, 0.6) is 0 Å². The third-order valence-electron chi connectivity index (χ3n) is 3.48. The number of aromatic nitrogens is 2. The first-order valence-electron chi connectivity index (χ1n) is 7.38. The number of carbonyl (C=O) groups excluding carboxylic acids is 1. The van der Waals surface area contributed by atoms with Crippen LogP contribution in [0.4, 0.5) is 15.9 Å². The van der Waals surface area contributed by atoms with Crippen LogP contribution in [0.2, 0.25) is 0 Å². The fourth-order valence-corrected chi connectivity index (χ4v) is 2.67. The fourth-order valence-electron chi connectivity index (χ4n) is 2.34. The van der Waals surface area contributed by atoms with E-state index >= 15 is 0 Å². The summed E-state index contributed by atoms with van der Waals surface area (Å²) in [6.45, 7) is -0.247. The summed E-state index contributed by atoms with van der Waals surface area (Å²) >= 11 is 3.22. The van der Waals surface area contributed by atoms with Crippen LogP contribution in [0.25, 0.3) is 5.52 Å². The molecule has 0 fully saturated rings. The van der Waals surface area contributed by atoms with Gasteiger partial charge in [-0.3, -0.25) is 19.3 Å². The molecule has 0 bridgehead atoms. The number of nitrogens with one attached hydrogen (secondary N) is 1. The Morgan fingerprint density at radius 2 is 2.24 bits per heavy atom. The van der Waals surface area contributed by atoms with E-state index in [1.54, 1.807) is 46.5 Å². The summed E-state index contributed by atoms with van der Waals surface area (Å²) in [6, 6.07) is 8.01. The van der Waals surface area contributed by atoms with E-state index in [0.29, 0.717) is 16.0 Å². The van der Waals surface area contributed by atoms with E-state index in [9.17, 15) is 9.18 Å². The quantitative estimate of drug-likeness (QED) is 0.326. The number of halogens is 2. The molecular weight excluding hydrogens is 395 g/mol. The molecule has 2 heterocycles. The molecule has 0 unspecified atom stereocenters. The van der Waals surface area contributed by atoms with Gasteiger partial charge in [-0.2, -0.15) is 0 Å². The minimum Gasteiger partial charge on any atom is -0.394 e. The highest BCUT2D eigenvalue weighted by atomic mass is 79.9. The van der Waals surface area contributed by atoms with Gasteiger partial charge in [0, 0.05) is 10.5 Å². The summed E-state index contributed by atoms with van der Waals surface area (Å²) in [5.74, 6) is -0.469. The van der Waals surface area contributed by atoms with Gasteiger partial charge in [0.25, 0.3) is 5.91 Å². The summed E-state index contributed by atoms with van der Waals surface area (Å²) in [4.78, 5) is 21.3. The number of nitrogens with two attached hydrogens (primary N) is 1. The molecule has 0 saturated carbocycles. The largest absolute Gasteiger partial charge is 0.394 e. The minimum absolute atomic E-state index is 0.0283. The number of aliphatic hydroxyl groups excluding tert-OH is 1. The van der Waals surface area contributed by atoms with Gasteiger partial charge < -0.3 is 5.11 Å². The second-order valence-corrected chi connectivity index (χ2v) is 6.05. The highest BCUT2D eigenvalue weighted by Gasteiger charge is 2.21. The maximum atomic E-state index is 14.2. The van der Waals surface area contributed by atoms with Crippen LogP contribution in [-0.4, -0.2) is 33.6 Å². The average molecular weight is 410 g/mol. The Labute approximate surface area is 150 Å². The van der Waals surface area contributed by atoms with Crippen molar-refractivity contribution in [2.45, 2.75) is 0 Å². The van der Waals surface area contributed by atoms with Crippen molar-refractivity contribution >= 4 is 38.9 Å². The smallest absolute Gasteiger partial charge is 0.282 e. The van der Waals surface area contributed by atoms with Crippen LogP contribution < -0.4 is 10.8 Å². The third-order valence-corrected chi connectivity index (χ3v) is 3.97. The van der Waals surface area contributed by atoms with E-state index < -0.39 is 11.7 Å². The number of hydrogen-bond acceptors (Lipinski definition) is 4. The van der Waals surface area contributed by atoms with Crippen molar-refractivity contribution in [3.05, 3.63) is 58.7 Å². The van der Waals surface area contributed by atoms with Gasteiger partial charge in [-0.1, -0.05) is 15.9 Å². The Kier molecular flexibility index (Phi) is 5.39. The van der Waals surface area contributed by atoms with Crippen molar-refractivity contribution in [2.24, 2.45) is 0 Å². The number of fused-ring (bicyclic) bond motifs is 1. The summed E-state index contributed by atoms with van der Waals surface area (Å²) in [5, 5.41) is 10.3. The zero-order chi connectivity index (χ0) is 17.8. The molecule has 0 atom stereocenters. The van der Waals surface area contributed by atoms with Gasteiger partial charge in [-0.05, 0) is 24.3 Å². The van der Waals surface area contributed by atoms with Crippen molar-refractivity contribution < 1.29 is 24.4 Å². The molecule has 1 aromatic carbocycles. The summed E-state index contributed by atoms with van der Waals surface area (Å²) in [5.41, 5.74) is 3.63. The lowest BCUT2D eigenvalue weighted by Gasteiger charge is -2.10. The predicted octanol–water partition coefficient (Wildman–Crippen LogP) is 1.42. The lowest BCUT2D eigenvalue weighted by Crippen LogP contribution is -2.73. The van der Waals surface area contributed by atoms with Crippen molar-refractivity contribution in [3.63, 3.8) is 0 Å². The van der Waals surface area contributed by atoms with E-state index in [2.05, 4.69) is 26.4 Å². The van der Waals surface area contributed by atoms with Crippen molar-refractivity contribution in [3.8, 4) is 0 Å². The summed E-state index contributed by atoms with van der Waals surface area (Å²) in [6.07, 6.45) is 3.18. The number of hydroxylamine groups is 1. The molecule has 3 rings (SSSR count). The first-order chi connectivity index (χ1) is 12.1. The van der Waals surface area contributed by atoms with Crippen molar-refractivity contribution in [2.75, 3.05) is 13.2 Å². The predicted molar refractivity (Wildman–Crippen MR) is 91.0 cm³/mol.